The van der Waals surface area contributed by atoms with Crippen LogP contribution in [0.4, 0.5) is 0 Å². The third kappa shape index (κ3) is 3.38. The van der Waals surface area contributed by atoms with E-state index in [9.17, 15) is 0 Å². The van der Waals surface area contributed by atoms with Crippen LogP contribution in [0, 0.1) is 0 Å². The summed E-state index contributed by atoms with van der Waals surface area (Å²) in [6.07, 6.45) is 5.18. The molecule has 0 saturated carbocycles. The van der Waals surface area contributed by atoms with E-state index in [2.05, 4.69) is 15.0 Å². The molecule has 0 atom stereocenters. The zero-order chi connectivity index (χ0) is 13.8. The van der Waals surface area contributed by atoms with Crippen molar-refractivity contribution in [3.8, 4) is 11.4 Å². The normalized spacial score (nSPS) is 17.1. The summed E-state index contributed by atoms with van der Waals surface area (Å²) in [5.41, 5.74) is 0.931. The highest BCUT2D eigenvalue weighted by molar-refractivity contribution is 6.30. The van der Waals surface area contributed by atoms with Crippen molar-refractivity contribution in [3.63, 3.8) is 0 Å². The Labute approximate surface area is 123 Å². The highest BCUT2D eigenvalue weighted by atomic mass is 35.5. The van der Waals surface area contributed by atoms with Crippen molar-refractivity contribution >= 4 is 11.6 Å². The quantitative estimate of drug-likeness (QED) is 0.863. The van der Waals surface area contributed by atoms with Gasteiger partial charge in [-0.05, 0) is 50.2 Å². The first kappa shape index (κ1) is 13.6. The van der Waals surface area contributed by atoms with Crippen molar-refractivity contribution in [2.45, 2.75) is 32.2 Å². The standard InChI is InChI=1S/C15H18ClN3O/c16-13-7-5-12(6-8-13)15-17-14(20-18-15)11-19-9-3-1-2-4-10-19/h5-8H,1-4,9-11H2. The van der Waals surface area contributed by atoms with Crippen molar-refractivity contribution in [3.05, 3.63) is 35.2 Å². The SMILES string of the molecule is Clc1ccc(-c2noc(CN3CCCCCC3)n2)cc1. The first-order chi connectivity index (χ1) is 9.81. The van der Waals surface area contributed by atoms with Crippen LogP contribution >= 0.6 is 11.6 Å². The average molecular weight is 292 g/mol. The van der Waals surface area contributed by atoms with E-state index in [0.717, 1.165) is 25.2 Å². The molecule has 0 N–H and O–H groups in total. The van der Waals surface area contributed by atoms with E-state index in [4.69, 9.17) is 16.1 Å². The van der Waals surface area contributed by atoms with Crippen LogP contribution in [0.2, 0.25) is 5.02 Å². The maximum Gasteiger partial charge on any atom is 0.241 e. The summed E-state index contributed by atoms with van der Waals surface area (Å²) >= 11 is 5.88. The van der Waals surface area contributed by atoms with Crippen molar-refractivity contribution in [1.82, 2.24) is 15.0 Å². The van der Waals surface area contributed by atoms with Gasteiger partial charge in [-0.25, -0.2) is 0 Å². The van der Waals surface area contributed by atoms with Gasteiger partial charge in [0.05, 0.1) is 6.54 Å². The zero-order valence-corrected chi connectivity index (χ0v) is 12.1. The lowest BCUT2D eigenvalue weighted by Crippen LogP contribution is -2.24. The van der Waals surface area contributed by atoms with Gasteiger partial charge in [-0.2, -0.15) is 4.98 Å². The summed E-state index contributed by atoms with van der Waals surface area (Å²) in [5.74, 6) is 1.32. The molecule has 1 fully saturated rings. The summed E-state index contributed by atoms with van der Waals surface area (Å²) in [6, 6.07) is 7.48. The van der Waals surface area contributed by atoms with Gasteiger partial charge in [-0.1, -0.05) is 29.6 Å². The molecular weight excluding hydrogens is 274 g/mol. The predicted molar refractivity (Wildman–Crippen MR) is 78.5 cm³/mol. The molecule has 2 heterocycles. The fraction of sp³-hybridized carbons (Fsp3) is 0.467. The second kappa shape index (κ2) is 6.37. The van der Waals surface area contributed by atoms with Gasteiger partial charge in [0, 0.05) is 10.6 Å². The zero-order valence-electron chi connectivity index (χ0n) is 11.4. The first-order valence-electron chi connectivity index (χ1n) is 7.12. The van der Waals surface area contributed by atoms with Crippen LogP contribution in [0.1, 0.15) is 31.6 Å². The molecule has 1 aromatic carbocycles. The van der Waals surface area contributed by atoms with Gasteiger partial charge in [-0.15, -0.1) is 0 Å². The van der Waals surface area contributed by atoms with E-state index < -0.39 is 0 Å². The summed E-state index contributed by atoms with van der Waals surface area (Å²) in [5, 5.41) is 4.76. The van der Waals surface area contributed by atoms with Crippen LogP contribution in [0.15, 0.2) is 28.8 Å². The molecule has 0 bridgehead atoms. The third-order valence-electron chi connectivity index (χ3n) is 3.63. The fourth-order valence-corrected chi connectivity index (χ4v) is 2.65. The number of hydrogen-bond acceptors (Lipinski definition) is 4. The van der Waals surface area contributed by atoms with E-state index >= 15 is 0 Å². The number of nitrogens with zero attached hydrogens (tertiary/aromatic N) is 3. The van der Waals surface area contributed by atoms with E-state index in [1.807, 2.05) is 24.3 Å². The van der Waals surface area contributed by atoms with Crippen LogP contribution in [0.3, 0.4) is 0 Å². The van der Waals surface area contributed by atoms with Crippen LogP contribution in [0.5, 0.6) is 0 Å². The summed E-state index contributed by atoms with van der Waals surface area (Å²) < 4.78 is 5.36. The van der Waals surface area contributed by atoms with Gasteiger partial charge in [0.25, 0.3) is 0 Å². The number of halogens is 1. The van der Waals surface area contributed by atoms with Crippen molar-refractivity contribution in [1.29, 1.82) is 0 Å². The van der Waals surface area contributed by atoms with Crippen molar-refractivity contribution < 1.29 is 4.52 Å². The second-order valence-corrected chi connectivity index (χ2v) is 5.65. The Morgan fingerprint density at radius 1 is 1.05 bits per heavy atom. The summed E-state index contributed by atoms with van der Waals surface area (Å²) in [4.78, 5) is 6.87. The molecule has 0 unspecified atom stereocenters. The Morgan fingerprint density at radius 2 is 1.75 bits per heavy atom. The van der Waals surface area contributed by atoms with Crippen LogP contribution in [-0.4, -0.2) is 28.1 Å². The van der Waals surface area contributed by atoms with Crippen molar-refractivity contribution in [2.24, 2.45) is 0 Å². The lowest BCUT2D eigenvalue weighted by atomic mass is 10.2. The number of likely N-dealkylation sites (tertiary alicyclic amines) is 1. The molecule has 20 heavy (non-hydrogen) atoms. The molecule has 5 heteroatoms. The van der Waals surface area contributed by atoms with Gasteiger partial charge >= 0.3 is 0 Å². The topological polar surface area (TPSA) is 42.2 Å². The molecule has 106 valence electrons. The molecular formula is C15H18ClN3O. The number of benzene rings is 1. The molecule has 1 aliphatic heterocycles. The van der Waals surface area contributed by atoms with Crippen LogP contribution < -0.4 is 0 Å². The van der Waals surface area contributed by atoms with Gasteiger partial charge in [0.1, 0.15) is 0 Å². The largest absolute Gasteiger partial charge is 0.338 e. The second-order valence-electron chi connectivity index (χ2n) is 5.21. The molecule has 0 radical (unpaired) electrons. The fourth-order valence-electron chi connectivity index (χ4n) is 2.52. The van der Waals surface area contributed by atoms with E-state index in [1.165, 1.54) is 25.7 Å². The minimum atomic E-state index is 0.631. The smallest absolute Gasteiger partial charge is 0.241 e. The minimum absolute atomic E-state index is 0.631. The predicted octanol–water partition coefficient (Wildman–Crippen LogP) is 3.77. The highest BCUT2D eigenvalue weighted by Crippen LogP contribution is 2.19. The van der Waals surface area contributed by atoms with E-state index in [-0.39, 0.29) is 0 Å². The third-order valence-corrected chi connectivity index (χ3v) is 3.88. The van der Waals surface area contributed by atoms with Gasteiger partial charge in [0.2, 0.25) is 11.7 Å². The summed E-state index contributed by atoms with van der Waals surface area (Å²) in [6.45, 7) is 3.00. The van der Waals surface area contributed by atoms with E-state index in [1.54, 1.807) is 0 Å². The Morgan fingerprint density at radius 3 is 2.45 bits per heavy atom. The van der Waals surface area contributed by atoms with Crippen molar-refractivity contribution in [2.75, 3.05) is 13.1 Å². The first-order valence-corrected chi connectivity index (χ1v) is 7.50. The van der Waals surface area contributed by atoms with Crippen LogP contribution in [-0.2, 0) is 6.54 Å². The lowest BCUT2D eigenvalue weighted by Gasteiger charge is -2.16. The Balaban J connectivity index is 1.68. The molecule has 1 saturated heterocycles. The minimum Gasteiger partial charge on any atom is -0.338 e. The molecule has 0 amide bonds. The molecule has 3 rings (SSSR count). The van der Waals surface area contributed by atoms with E-state index in [0.29, 0.717) is 16.7 Å². The molecule has 4 nitrogen and oxygen atoms in total. The van der Waals surface area contributed by atoms with Gasteiger partial charge in [-0.3, -0.25) is 4.90 Å². The maximum absolute atomic E-state index is 5.88. The Kier molecular flexibility index (Phi) is 4.33. The average Bonchev–Trinajstić information content (AvgIpc) is 2.76. The van der Waals surface area contributed by atoms with Gasteiger partial charge in [0.15, 0.2) is 0 Å². The number of hydrogen-bond donors (Lipinski definition) is 0. The number of rotatable bonds is 3. The Hall–Kier alpha value is -1.39. The van der Waals surface area contributed by atoms with Gasteiger partial charge < -0.3 is 4.52 Å². The monoisotopic (exact) mass is 291 g/mol. The summed E-state index contributed by atoms with van der Waals surface area (Å²) in [7, 11) is 0. The molecule has 1 aromatic heterocycles. The molecule has 2 aromatic rings. The molecule has 0 spiro atoms. The number of aromatic nitrogens is 2. The Bertz CT molecular complexity index is 545. The maximum atomic E-state index is 5.88. The molecule has 0 aliphatic carbocycles. The highest BCUT2D eigenvalue weighted by Gasteiger charge is 2.14. The molecule has 1 aliphatic rings. The van der Waals surface area contributed by atoms with Crippen LogP contribution in [0.25, 0.3) is 11.4 Å². The lowest BCUT2D eigenvalue weighted by molar-refractivity contribution is 0.234.